The molecular weight excluding hydrogens is 568 g/mol. The average molecular weight is 617 g/mol. The normalized spacial score (nSPS) is 26.0. The van der Waals surface area contributed by atoms with Crippen LogP contribution in [-0.4, -0.2) is 28.9 Å². The highest BCUT2D eigenvalue weighted by Gasteiger charge is 2.60. The third kappa shape index (κ3) is 4.17. The van der Waals surface area contributed by atoms with E-state index in [1.54, 1.807) is 69.2 Å². The number of hydrogen-bond acceptors (Lipinski definition) is 7. The summed E-state index contributed by atoms with van der Waals surface area (Å²) in [5.41, 5.74) is -2.23. The fourth-order valence-electron chi connectivity index (χ4n) is 8.24. The number of rotatable bonds is 4. The Morgan fingerprint density at radius 2 is 0.933 bits per heavy atom. The van der Waals surface area contributed by atoms with Crippen LogP contribution < -0.4 is 9.47 Å². The van der Waals surface area contributed by atoms with Gasteiger partial charge in [0.15, 0.2) is 28.9 Å². The molecule has 5 rings (SSSR count). The summed E-state index contributed by atoms with van der Waals surface area (Å²) >= 11 is 0. The van der Waals surface area contributed by atoms with Crippen LogP contribution in [0.25, 0.3) is 0 Å². The van der Waals surface area contributed by atoms with E-state index in [2.05, 4.69) is 0 Å². The Balaban J connectivity index is 1.92. The van der Waals surface area contributed by atoms with Crippen molar-refractivity contribution in [3.8, 4) is 11.5 Å². The van der Waals surface area contributed by atoms with E-state index in [1.165, 1.54) is 0 Å². The van der Waals surface area contributed by atoms with Gasteiger partial charge >= 0.3 is 0 Å². The number of carbonyl (C=O) groups excluding carboxylic acids is 5. The fraction of sp³-hybridized carbons (Fsp3) is 0.605. The summed E-state index contributed by atoms with van der Waals surface area (Å²) in [7, 11) is 0. The second-order valence-corrected chi connectivity index (χ2v) is 16.6. The number of fused-ring (bicyclic) bond motifs is 2. The van der Waals surface area contributed by atoms with Crippen LogP contribution in [0.3, 0.4) is 0 Å². The van der Waals surface area contributed by atoms with Crippen LogP contribution in [0.4, 0.5) is 0 Å². The summed E-state index contributed by atoms with van der Waals surface area (Å²) in [6.45, 7) is 25.5. The molecule has 4 aliphatic rings. The van der Waals surface area contributed by atoms with Crippen LogP contribution in [0.15, 0.2) is 28.7 Å². The lowest BCUT2D eigenvalue weighted by atomic mass is 9.58. The Bertz CT molecular complexity index is 1560. The third-order valence-corrected chi connectivity index (χ3v) is 10.6. The van der Waals surface area contributed by atoms with Crippen molar-refractivity contribution in [1.82, 2.24) is 0 Å². The maximum atomic E-state index is 14.3. The Morgan fingerprint density at radius 3 is 1.22 bits per heavy atom. The summed E-state index contributed by atoms with van der Waals surface area (Å²) in [5.74, 6) is -1.68. The maximum absolute atomic E-state index is 14.3. The van der Waals surface area contributed by atoms with Crippen molar-refractivity contribution >= 4 is 28.9 Å². The van der Waals surface area contributed by atoms with E-state index in [0.717, 1.165) is 0 Å². The molecule has 0 N–H and O–H groups in total. The average Bonchev–Trinajstić information content (AvgIpc) is 2.94. The molecule has 45 heavy (non-hydrogen) atoms. The summed E-state index contributed by atoms with van der Waals surface area (Å²) < 4.78 is 13.4. The van der Waals surface area contributed by atoms with Crippen molar-refractivity contribution in [3.63, 3.8) is 0 Å². The molecule has 0 saturated carbocycles. The summed E-state index contributed by atoms with van der Waals surface area (Å²) in [6.07, 6.45) is 0. The molecule has 2 atom stereocenters. The molecule has 1 aromatic carbocycles. The van der Waals surface area contributed by atoms with Gasteiger partial charge in [-0.05, 0) is 73.3 Å². The first-order valence-electron chi connectivity index (χ1n) is 16.2. The minimum atomic E-state index is -1.25. The first kappa shape index (κ1) is 33.0. The number of benzene rings is 1. The summed E-state index contributed by atoms with van der Waals surface area (Å²) in [4.78, 5) is 70.1. The molecule has 2 aliphatic carbocycles. The van der Waals surface area contributed by atoms with Crippen LogP contribution in [0, 0.1) is 39.4 Å². The van der Waals surface area contributed by atoms with Crippen molar-refractivity contribution in [2.45, 2.75) is 109 Å². The first-order valence-corrected chi connectivity index (χ1v) is 16.2. The van der Waals surface area contributed by atoms with Gasteiger partial charge in [-0.25, -0.2) is 0 Å². The standard InChI is InChI=1S/C38H48O7/c1-16(2)21-19-15-20-22(17(3)4)24-30(41)36(9,10)34(43)38(13,14)32(24)45-28(20)25(26(39)18(5)6)27(19)44-31-23(21)29(40)35(7,8)33(42)37(31,11)12/h15-18,21-22H,1-14H3/t21-,22+. The third-order valence-electron chi connectivity index (χ3n) is 10.6. The smallest absolute Gasteiger partial charge is 0.175 e. The van der Waals surface area contributed by atoms with Crippen molar-refractivity contribution in [1.29, 1.82) is 0 Å². The van der Waals surface area contributed by atoms with Gasteiger partial charge in [0, 0.05) is 40.0 Å². The quantitative estimate of drug-likeness (QED) is 0.252. The van der Waals surface area contributed by atoms with E-state index in [1.807, 2.05) is 33.8 Å². The highest BCUT2D eigenvalue weighted by Crippen LogP contribution is 2.61. The molecule has 0 fully saturated rings. The van der Waals surface area contributed by atoms with Gasteiger partial charge in [0.25, 0.3) is 0 Å². The predicted molar refractivity (Wildman–Crippen MR) is 171 cm³/mol. The number of Topliss-reactive ketones (excluding diaryl/α,β-unsaturated/α-hetero) is 5. The van der Waals surface area contributed by atoms with Crippen LogP contribution >= 0.6 is 0 Å². The largest absolute Gasteiger partial charge is 0.459 e. The molecule has 7 nitrogen and oxygen atoms in total. The second-order valence-electron chi connectivity index (χ2n) is 16.6. The molecule has 0 amide bonds. The van der Waals surface area contributed by atoms with Crippen molar-refractivity contribution < 1.29 is 33.4 Å². The number of carbonyl (C=O) groups is 5. The van der Waals surface area contributed by atoms with Gasteiger partial charge in [-0.3, -0.25) is 24.0 Å². The number of allylic oxidation sites excluding steroid dienone is 4. The molecule has 0 aromatic heterocycles. The Morgan fingerprint density at radius 1 is 0.600 bits per heavy atom. The molecule has 2 aliphatic heterocycles. The van der Waals surface area contributed by atoms with Gasteiger partial charge in [0.2, 0.25) is 0 Å². The lowest BCUT2D eigenvalue weighted by Gasteiger charge is -2.48. The SMILES string of the molecule is CC(C)C(=O)c1c2c(cc3c1OC1=C(C(=O)C(C)(C)C(=O)C1(C)C)[C@@H]3C(C)C)[C@H](C(C)C)C1=C(O2)C(C)(C)C(=O)C(C)(C)C1=O. The highest BCUT2D eigenvalue weighted by molar-refractivity contribution is 6.21. The lowest BCUT2D eigenvalue weighted by molar-refractivity contribution is -0.146. The zero-order valence-electron chi connectivity index (χ0n) is 29.3. The van der Waals surface area contributed by atoms with Crippen molar-refractivity contribution in [3.05, 3.63) is 45.4 Å². The van der Waals surface area contributed by atoms with Crippen molar-refractivity contribution in [2.24, 2.45) is 39.4 Å². The molecule has 0 saturated heterocycles. The van der Waals surface area contributed by atoms with E-state index >= 15 is 0 Å². The molecule has 1 aromatic rings. The zero-order valence-corrected chi connectivity index (χ0v) is 29.3. The summed E-state index contributed by atoms with van der Waals surface area (Å²) in [5, 5.41) is 0. The molecule has 7 heteroatoms. The maximum Gasteiger partial charge on any atom is 0.175 e. The number of ether oxygens (including phenoxy) is 2. The minimum absolute atomic E-state index is 0.0926. The van der Waals surface area contributed by atoms with E-state index in [0.29, 0.717) is 22.3 Å². The topological polar surface area (TPSA) is 104 Å². The van der Waals surface area contributed by atoms with Crippen LogP contribution in [0.5, 0.6) is 11.5 Å². The molecular formula is C38H48O7. The van der Waals surface area contributed by atoms with Gasteiger partial charge < -0.3 is 9.47 Å². The van der Waals surface area contributed by atoms with Crippen LogP contribution in [-0.2, 0) is 19.2 Å². The van der Waals surface area contributed by atoms with Gasteiger partial charge in [-0.15, -0.1) is 0 Å². The fourth-order valence-corrected chi connectivity index (χ4v) is 8.24. The molecule has 242 valence electrons. The second kappa shape index (κ2) is 9.83. The van der Waals surface area contributed by atoms with Crippen LogP contribution in [0.2, 0.25) is 0 Å². The van der Waals surface area contributed by atoms with Gasteiger partial charge in [-0.2, -0.15) is 0 Å². The van der Waals surface area contributed by atoms with Crippen molar-refractivity contribution in [2.75, 3.05) is 0 Å². The lowest BCUT2D eigenvalue weighted by Crippen LogP contribution is -2.52. The van der Waals surface area contributed by atoms with E-state index in [9.17, 15) is 24.0 Å². The van der Waals surface area contributed by atoms with E-state index < -0.39 is 39.4 Å². The van der Waals surface area contributed by atoms with Gasteiger partial charge in [0.1, 0.15) is 28.6 Å². The molecule has 0 unspecified atom stereocenters. The van der Waals surface area contributed by atoms with Gasteiger partial charge in [-0.1, -0.05) is 41.5 Å². The first-order chi connectivity index (χ1) is 20.4. The monoisotopic (exact) mass is 616 g/mol. The molecule has 2 heterocycles. The zero-order chi connectivity index (χ0) is 34.1. The summed E-state index contributed by atoms with van der Waals surface area (Å²) in [6, 6.07) is 1.96. The minimum Gasteiger partial charge on any atom is -0.459 e. The van der Waals surface area contributed by atoms with E-state index in [-0.39, 0.29) is 69.3 Å². The molecule has 0 radical (unpaired) electrons. The number of hydrogen-bond donors (Lipinski definition) is 0. The molecule has 0 spiro atoms. The van der Waals surface area contributed by atoms with E-state index in [4.69, 9.17) is 9.47 Å². The predicted octanol–water partition coefficient (Wildman–Crippen LogP) is 7.71. The molecule has 0 bridgehead atoms. The Kier molecular flexibility index (Phi) is 7.21. The number of ketones is 5. The highest BCUT2D eigenvalue weighted by atomic mass is 16.5. The Hall–Kier alpha value is -3.35. The van der Waals surface area contributed by atoms with Gasteiger partial charge in [0.05, 0.1) is 21.7 Å². The Labute approximate surface area is 267 Å². The van der Waals surface area contributed by atoms with Crippen LogP contribution in [0.1, 0.15) is 130 Å².